The third-order valence-corrected chi connectivity index (χ3v) is 4.78. The van der Waals surface area contributed by atoms with Gasteiger partial charge in [0.2, 0.25) is 0 Å². The first kappa shape index (κ1) is 21.9. The van der Waals surface area contributed by atoms with Crippen LogP contribution in [0.25, 0.3) is 0 Å². The largest absolute Gasteiger partial charge is 0.367 e. The summed E-state index contributed by atoms with van der Waals surface area (Å²) in [5.41, 5.74) is 0.364. The van der Waals surface area contributed by atoms with E-state index in [1.165, 1.54) is 12.1 Å². The van der Waals surface area contributed by atoms with E-state index in [9.17, 15) is 9.18 Å². The number of hydrogen-bond acceptors (Lipinski definition) is 5. The Morgan fingerprint density at radius 3 is 2.43 bits per heavy atom. The molecule has 1 saturated carbocycles. The van der Waals surface area contributed by atoms with Crippen LogP contribution in [0.3, 0.4) is 0 Å². The van der Waals surface area contributed by atoms with E-state index >= 15 is 0 Å². The Labute approximate surface area is 171 Å². The molecular formula is C20H27ClFN5O. The number of carbonyl (C=O) groups is 1. The number of aryl methyl sites for hydroxylation is 1. The van der Waals surface area contributed by atoms with E-state index in [-0.39, 0.29) is 24.4 Å². The Kier molecular flexibility index (Phi) is 7.57. The van der Waals surface area contributed by atoms with Gasteiger partial charge in [0.1, 0.15) is 23.3 Å². The first-order valence-corrected chi connectivity index (χ1v) is 9.26. The first-order valence-electron chi connectivity index (χ1n) is 9.26. The van der Waals surface area contributed by atoms with Gasteiger partial charge >= 0.3 is 0 Å². The maximum Gasteiger partial charge on any atom is 0.251 e. The Hall–Kier alpha value is -2.41. The lowest BCUT2D eigenvalue weighted by Crippen LogP contribution is -2.40. The topological polar surface area (TPSA) is 70.2 Å². The van der Waals surface area contributed by atoms with Crippen molar-refractivity contribution in [3.05, 3.63) is 47.5 Å². The maximum atomic E-state index is 13.3. The van der Waals surface area contributed by atoms with Crippen molar-refractivity contribution in [3.63, 3.8) is 0 Å². The summed E-state index contributed by atoms with van der Waals surface area (Å²) in [4.78, 5) is 23.1. The van der Waals surface area contributed by atoms with Gasteiger partial charge in [-0.25, -0.2) is 14.4 Å². The maximum absolute atomic E-state index is 13.3. The molecule has 0 atom stereocenters. The summed E-state index contributed by atoms with van der Waals surface area (Å²) in [6, 6.07) is 8.17. The Morgan fingerprint density at radius 1 is 1.11 bits per heavy atom. The molecule has 2 aromatic rings. The number of rotatable bonds is 5. The van der Waals surface area contributed by atoms with Crippen molar-refractivity contribution < 1.29 is 9.18 Å². The van der Waals surface area contributed by atoms with Crippen LogP contribution in [-0.2, 0) is 0 Å². The summed E-state index contributed by atoms with van der Waals surface area (Å²) >= 11 is 0. The molecule has 6 nitrogen and oxygen atoms in total. The third-order valence-electron chi connectivity index (χ3n) is 4.78. The molecule has 0 bridgehead atoms. The minimum Gasteiger partial charge on any atom is -0.367 e. The van der Waals surface area contributed by atoms with Crippen molar-refractivity contribution in [2.24, 2.45) is 0 Å². The van der Waals surface area contributed by atoms with Gasteiger partial charge < -0.3 is 15.5 Å². The molecule has 0 spiro atoms. The molecule has 1 fully saturated rings. The monoisotopic (exact) mass is 407 g/mol. The van der Waals surface area contributed by atoms with E-state index in [4.69, 9.17) is 0 Å². The lowest BCUT2D eigenvalue weighted by molar-refractivity contribution is 0.0926. The first-order chi connectivity index (χ1) is 12.9. The van der Waals surface area contributed by atoms with Gasteiger partial charge in [-0.3, -0.25) is 4.79 Å². The van der Waals surface area contributed by atoms with Crippen LogP contribution in [0.1, 0.15) is 41.9 Å². The fourth-order valence-corrected chi connectivity index (χ4v) is 3.34. The van der Waals surface area contributed by atoms with Crippen LogP contribution in [0.15, 0.2) is 30.3 Å². The van der Waals surface area contributed by atoms with E-state index < -0.39 is 5.82 Å². The fraction of sp³-hybridized carbons (Fsp3) is 0.450. The molecule has 1 aliphatic rings. The Bertz CT molecular complexity index is 809. The molecule has 1 aromatic heterocycles. The van der Waals surface area contributed by atoms with Crippen LogP contribution in [-0.4, -0.2) is 42.1 Å². The van der Waals surface area contributed by atoms with Gasteiger partial charge in [0, 0.05) is 37.8 Å². The molecule has 8 heteroatoms. The number of benzene rings is 1. The Balaban J connectivity index is 0.00000280. The number of hydrogen-bond donors (Lipinski definition) is 2. The zero-order valence-corrected chi connectivity index (χ0v) is 17.2. The zero-order chi connectivity index (χ0) is 19.4. The summed E-state index contributed by atoms with van der Waals surface area (Å²) < 4.78 is 13.3. The molecule has 1 heterocycles. The number of nitrogens with one attached hydrogen (secondary N) is 2. The van der Waals surface area contributed by atoms with E-state index in [0.717, 1.165) is 43.1 Å². The van der Waals surface area contributed by atoms with Crippen LogP contribution >= 0.6 is 12.4 Å². The second-order valence-electron chi connectivity index (χ2n) is 7.23. The summed E-state index contributed by atoms with van der Waals surface area (Å²) in [7, 11) is 3.91. The summed E-state index contributed by atoms with van der Waals surface area (Å²) in [5.74, 6) is 1.83. The average molecular weight is 408 g/mol. The number of amides is 1. The zero-order valence-electron chi connectivity index (χ0n) is 16.4. The van der Waals surface area contributed by atoms with E-state index in [1.54, 1.807) is 12.1 Å². The molecule has 0 unspecified atom stereocenters. The minimum absolute atomic E-state index is 0. The van der Waals surface area contributed by atoms with Crippen LogP contribution < -0.4 is 15.5 Å². The molecule has 1 amide bonds. The quantitative estimate of drug-likeness (QED) is 0.793. The van der Waals surface area contributed by atoms with E-state index in [1.807, 2.05) is 32.0 Å². The van der Waals surface area contributed by atoms with Gasteiger partial charge in [-0.1, -0.05) is 6.07 Å². The molecule has 28 heavy (non-hydrogen) atoms. The highest BCUT2D eigenvalue weighted by atomic mass is 35.5. The highest BCUT2D eigenvalue weighted by molar-refractivity contribution is 5.94. The van der Waals surface area contributed by atoms with Crippen molar-refractivity contribution in [2.75, 3.05) is 24.3 Å². The fourth-order valence-electron chi connectivity index (χ4n) is 3.34. The predicted octanol–water partition coefficient (Wildman–Crippen LogP) is 3.57. The number of carbonyl (C=O) groups excluding carboxylic acids is 1. The molecule has 2 N–H and O–H groups in total. The van der Waals surface area contributed by atoms with E-state index in [2.05, 4.69) is 20.6 Å². The smallest absolute Gasteiger partial charge is 0.251 e. The van der Waals surface area contributed by atoms with Crippen LogP contribution in [0.5, 0.6) is 0 Å². The van der Waals surface area contributed by atoms with Crippen LogP contribution in [0, 0.1) is 12.7 Å². The summed E-state index contributed by atoms with van der Waals surface area (Å²) in [6.07, 6.45) is 3.63. The molecule has 0 aliphatic heterocycles. The number of anilines is 2. The SMILES string of the molecule is Cc1nc(NC2CCC(NC(=O)c3cccc(F)c3)CC2)cc(N(C)C)n1.Cl. The molecular weight excluding hydrogens is 381 g/mol. The van der Waals surface area contributed by atoms with Gasteiger partial charge in [0.05, 0.1) is 0 Å². The third kappa shape index (κ3) is 5.79. The number of aromatic nitrogens is 2. The standard InChI is InChI=1S/C20H26FN5O.ClH/c1-13-22-18(12-19(23-13)26(2)3)24-16-7-9-17(10-8-16)25-20(27)14-5-4-6-15(21)11-14;/h4-6,11-12,16-17H,7-10H2,1-3H3,(H,25,27)(H,22,23,24);1H. The average Bonchev–Trinajstić information content (AvgIpc) is 2.63. The highest BCUT2D eigenvalue weighted by Gasteiger charge is 2.23. The molecule has 0 radical (unpaired) electrons. The van der Waals surface area contributed by atoms with E-state index in [0.29, 0.717) is 11.6 Å². The van der Waals surface area contributed by atoms with Crippen molar-refractivity contribution in [1.82, 2.24) is 15.3 Å². The van der Waals surface area contributed by atoms with Gasteiger partial charge in [-0.2, -0.15) is 0 Å². The lowest BCUT2D eigenvalue weighted by Gasteiger charge is -2.30. The van der Waals surface area contributed by atoms with Crippen molar-refractivity contribution in [3.8, 4) is 0 Å². The van der Waals surface area contributed by atoms with Crippen molar-refractivity contribution in [1.29, 1.82) is 0 Å². The second kappa shape index (κ2) is 9.68. The minimum atomic E-state index is -0.396. The van der Waals surface area contributed by atoms with Crippen molar-refractivity contribution >= 4 is 29.9 Å². The molecule has 1 aromatic carbocycles. The van der Waals surface area contributed by atoms with Gasteiger partial charge in [0.15, 0.2) is 0 Å². The van der Waals surface area contributed by atoms with Gasteiger partial charge in [0.25, 0.3) is 5.91 Å². The number of nitrogens with zero attached hydrogens (tertiary/aromatic N) is 3. The molecule has 0 saturated heterocycles. The normalized spacial score (nSPS) is 18.7. The number of halogens is 2. The van der Waals surface area contributed by atoms with Crippen LogP contribution in [0.4, 0.5) is 16.0 Å². The summed E-state index contributed by atoms with van der Waals surface area (Å²) in [6.45, 7) is 1.89. The predicted molar refractivity (Wildman–Crippen MR) is 112 cm³/mol. The lowest BCUT2D eigenvalue weighted by atomic mass is 9.91. The van der Waals surface area contributed by atoms with Gasteiger partial charge in [-0.15, -0.1) is 12.4 Å². The molecule has 1 aliphatic carbocycles. The molecule has 3 rings (SSSR count). The Morgan fingerprint density at radius 2 is 1.79 bits per heavy atom. The van der Waals surface area contributed by atoms with Crippen LogP contribution in [0.2, 0.25) is 0 Å². The summed E-state index contributed by atoms with van der Waals surface area (Å²) in [5, 5.41) is 6.50. The van der Waals surface area contributed by atoms with Crippen molar-refractivity contribution in [2.45, 2.75) is 44.7 Å². The highest BCUT2D eigenvalue weighted by Crippen LogP contribution is 2.23. The molecule has 152 valence electrons. The second-order valence-corrected chi connectivity index (χ2v) is 7.23. The van der Waals surface area contributed by atoms with Gasteiger partial charge in [-0.05, 0) is 50.8 Å².